The fourth-order valence-corrected chi connectivity index (χ4v) is 4.50. The van der Waals surface area contributed by atoms with Gasteiger partial charge < -0.3 is 10.2 Å². The summed E-state index contributed by atoms with van der Waals surface area (Å²) in [6.45, 7) is 11.0. The summed E-state index contributed by atoms with van der Waals surface area (Å²) < 4.78 is 27.8. The van der Waals surface area contributed by atoms with Crippen LogP contribution in [0.1, 0.15) is 51.4 Å². The van der Waals surface area contributed by atoms with Crippen molar-refractivity contribution >= 4 is 27.6 Å². The van der Waals surface area contributed by atoms with Crippen molar-refractivity contribution in [2.45, 2.75) is 57.6 Å². The Morgan fingerprint density at radius 3 is 2.60 bits per heavy atom. The van der Waals surface area contributed by atoms with Crippen molar-refractivity contribution in [1.29, 1.82) is 0 Å². The number of anilines is 2. The Hall–Kier alpha value is -2.68. The van der Waals surface area contributed by atoms with Gasteiger partial charge in [0.05, 0.1) is 5.56 Å². The summed E-state index contributed by atoms with van der Waals surface area (Å²) in [5, 5.41) is 2.84. The molecule has 1 fully saturated rings. The Kier molecular flexibility index (Phi) is 6.03. The van der Waals surface area contributed by atoms with E-state index in [1.54, 1.807) is 30.5 Å². The molecule has 3 rings (SSSR count). The highest BCUT2D eigenvalue weighted by molar-refractivity contribution is 7.90. The minimum Gasteiger partial charge on any atom is -0.368 e. The van der Waals surface area contributed by atoms with E-state index in [4.69, 9.17) is 0 Å². The SMILES string of the molecule is CC(C)Nc1cccc(S(=O)(=O)NC(=O)c2cccnc2N2CCC(C)C2(C)C)n1. The Bertz CT molecular complexity index is 1040. The standard InChI is InChI=1S/C21H29N5O3S/c1-14(2)23-17-9-6-10-18(24-17)30(28,29)25-20(27)16-8-7-12-22-19(16)26-13-11-15(3)21(26,4)5/h6-10,12,14-15H,11,13H2,1-5H3,(H,23,24)(H,25,27). The summed E-state index contributed by atoms with van der Waals surface area (Å²) in [5.74, 6) is 0.606. The van der Waals surface area contributed by atoms with Crippen LogP contribution in [0.25, 0.3) is 0 Å². The van der Waals surface area contributed by atoms with E-state index in [0.717, 1.165) is 13.0 Å². The smallest absolute Gasteiger partial charge is 0.281 e. The highest BCUT2D eigenvalue weighted by Crippen LogP contribution is 2.38. The van der Waals surface area contributed by atoms with Crippen LogP contribution in [0.5, 0.6) is 0 Å². The lowest BCUT2D eigenvalue weighted by molar-refractivity contribution is 0.0981. The molecular weight excluding hydrogens is 402 g/mol. The fourth-order valence-electron chi connectivity index (χ4n) is 3.57. The van der Waals surface area contributed by atoms with Gasteiger partial charge in [0, 0.05) is 24.3 Å². The molecule has 30 heavy (non-hydrogen) atoms. The third-order valence-corrected chi connectivity index (χ3v) is 6.87. The Morgan fingerprint density at radius 2 is 1.97 bits per heavy atom. The van der Waals surface area contributed by atoms with Crippen LogP contribution in [0.2, 0.25) is 0 Å². The molecule has 0 saturated carbocycles. The molecule has 2 aromatic heterocycles. The second-order valence-corrected chi connectivity index (χ2v) is 10.1. The molecule has 2 aromatic rings. The van der Waals surface area contributed by atoms with Crippen LogP contribution in [0.15, 0.2) is 41.6 Å². The van der Waals surface area contributed by atoms with E-state index in [1.807, 2.05) is 13.8 Å². The molecule has 1 amide bonds. The highest BCUT2D eigenvalue weighted by atomic mass is 32.2. The molecule has 162 valence electrons. The van der Waals surface area contributed by atoms with E-state index in [0.29, 0.717) is 17.6 Å². The monoisotopic (exact) mass is 431 g/mol. The van der Waals surface area contributed by atoms with E-state index in [9.17, 15) is 13.2 Å². The fraction of sp³-hybridized carbons (Fsp3) is 0.476. The van der Waals surface area contributed by atoms with Crippen molar-refractivity contribution in [3.63, 3.8) is 0 Å². The predicted molar refractivity (Wildman–Crippen MR) is 117 cm³/mol. The molecule has 8 nitrogen and oxygen atoms in total. The topological polar surface area (TPSA) is 104 Å². The normalized spacial score (nSPS) is 18.5. The van der Waals surface area contributed by atoms with Crippen molar-refractivity contribution in [2.75, 3.05) is 16.8 Å². The van der Waals surface area contributed by atoms with Crippen molar-refractivity contribution in [3.8, 4) is 0 Å². The molecule has 3 heterocycles. The number of rotatable bonds is 6. The first kappa shape index (κ1) is 22.0. The van der Waals surface area contributed by atoms with Crippen LogP contribution in [-0.2, 0) is 10.0 Å². The van der Waals surface area contributed by atoms with Crippen LogP contribution in [0, 0.1) is 5.92 Å². The lowest BCUT2D eigenvalue weighted by atomic mass is 9.90. The summed E-state index contributed by atoms with van der Waals surface area (Å²) in [4.78, 5) is 23.6. The van der Waals surface area contributed by atoms with E-state index in [-0.39, 0.29) is 22.2 Å². The second-order valence-electron chi connectivity index (χ2n) is 8.46. The van der Waals surface area contributed by atoms with Crippen molar-refractivity contribution < 1.29 is 13.2 Å². The van der Waals surface area contributed by atoms with Gasteiger partial charge >= 0.3 is 0 Å². The summed E-state index contributed by atoms with van der Waals surface area (Å²) in [6, 6.07) is 7.93. The van der Waals surface area contributed by atoms with Crippen LogP contribution >= 0.6 is 0 Å². The van der Waals surface area contributed by atoms with Gasteiger partial charge in [-0.2, -0.15) is 8.42 Å². The lowest BCUT2D eigenvalue weighted by Gasteiger charge is -2.36. The first-order valence-electron chi connectivity index (χ1n) is 10.1. The quantitative estimate of drug-likeness (QED) is 0.724. The minimum atomic E-state index is -4.14. The number of sulfonamides is 1. The Labute approximate surface area is 178 Å². The molecule has 0 spiro atoms. The van der Waals surface area contributed by atoms with E-state index in [1.165, 1.54) is 6.07 Å². The van der Waals surface area contributed by atoms with E-state index < -0.39 is 15.9 Å². The van der Waals surface area contributed by atoms with Crippen molar-refractivity contribution in [1.82, 2.24) is 14.7 Å². The summed E-state index contributed by atoms with van der Waals surface area (Å²) in [6.07, 6.45) is 2.59. The van der Waals surface area contributed by atoms with Gasteiger partial charge in [0.15, 0.2) is 5.03 Å². The second kappa shape index (κ2) is 8.22. The molecule has 2 N–H and O–H groups in total. The van der Waals surface area contributed by atoms with Crippen molar-refractivity contribution in [2.24, 2.45) is 5.92 Å². The van der Waals surface area contributed by atoms with E-state index in [2.05, 4.69) is 45.7 Å². The molecule has 0 bridgehead atoms. The zero-order chi connectivity index (χ0) is 22.1. The molecule has 0 aromatic carbocycles. The number of hydrogen-bond acceptors (Lipinski definition) is 7. The number of hydrogen-bond donors (Lipinski definition) is 2. The molecule has 1 saturated heterocycles. The van der Waals surface area contributed by atoms with Crippen molar-refractivity contribution in [3.05, 3.63) is 42.1 Å². The average Bonchev–Trinajstić information content (AvgIpc) is 2.94. The van der Waals surface area contributed by atoms with Gasteiger partial charge in [-0.1, -0.05) is 13.0 Å². The van der Waals surface area contributed by atoms with Gasteiger partial charge in [0.2, 0.25) is 0 Å². The molecule has 1 unspecified atom stereocenters. The molecule has 0 aliphatic carbocycles. The Morgan fingerprint density at radius 1 is 1.23 bits per heavy atom. The van der Waals surface area contributed by atoms with Gasteiger partial charge in [-0.05, 0) is 64.3 Å². The van der Waals surface area contributed by atoms with Gasteiger partial charge in [-0.3, -0.25) is 4.79 Å². The van der Waals surface area contributed by atoms with Crippen LogP contribution < -0.4 is 14.9 Å². The molecular formula is C21H29N5O3S. The maximum atomic E-state index is 13.0. The van der Waals surface area contributed by atoms with Gasteiger partial charge in [0.1, 0.15) is 11.6 Å². The average molecular weight is 432 g/mol. The number of carbonyl (C=O) groups is 1. The number of pyridine rings is 2. The van der Waals surface area contributed by atoms with Crippen LogP contribution in [0.4, 0.5) is 11.6 Å². The highest BCUT2D eigenvalue weighted by Gasteiger charge is 2.40. The summed E-state index contributed by atoms with van der Waals surface area (Å²) >= 11 is 0. The maximum absolute atomic E-state index is 13.0. The zero-order valence-electron chi connectivity index (χ0n) is 18.0. The molecule has 1 atom stereocenters. The van der Waals surface area contributed by atoms with Gasteiger partial charge in [-0.25, -0.2) is 14.7 Å². The van der Waals surface area contributed by atoms with Gasteiger partial charge in [0.25, 0.3) is 15.9 Å². The molecule has 1 aliphatic rings. The largest absolute Gasteiger partial charge is 0.368 e. The first-order valence-corrected chi connectivity index (χ1v) is 11.5. The van der Waals surface area contributed by atoms with Crippen LogP contribution in [0.3, 0.4) is 0 Å². The molecule has 9 heteroatoms. The minimum absolute atomic E-state index is 0.0919. The zero-order valence-corrected chi connectivity index (χ0v) is 18.8. The van der Waals surface area contributed by atoms with Crippen LogP contribution in [-0.4, -0.2) is 42.4 Å². The van der Waals surface area contributed by atoms with E-state index >= 15 is 0 Å². The number of nitrogens with zero attached hydrogens (tertiary/aromatic N) is 3. The lowest BCUT2D eigenvalue weighted by Crippen LogP contribution is -2.43. The Balaban J connectivity index is 1.88. The third kappa shape index (κ3) is 4.40. The number of nitrogens with one attached hydrogen (secondary N) is 2. The number of carbonyl (C=O) groups excluding carboxylic acids is 1. The predicted octanol–water partition coefficient (Wildman–Crippen LogP) is 3.04. The number of aromatic nitrogens is 2. The third-order valence-electron chi connectivity index (χ3n) is 5.64. The molecule has 0 radical (unpaired) electrons. The maximum Gasteiger partial charge on any atom is 0.281 e. The summed E-state index contributed by atoms with van der Waals surface area (Å²) in [7, 11) is -4.14. The first-order chi connectivity index (χ1) is 14.0. The summed E-state index contributed by atoms with van der Waals surface area (Å²) in [5.41, 5.74) is 0.0282. The molecule has 1 aliphatic heterocycles. The van der Waals surface area contributed by atoms with Gasteiger partial charge in [-0.15, -0.1) is 0 Å². The number of amides is 1.